The van der Waals surface area contributed by atoms with Crippen molar-refractivity contribution >= 4 is 29.5 Å². The zero-order valence-corrected chi connectivity index (χ0v) is 24.6. The molecule has 0 saturated carbocycles. The number of carbonyl (C=O) groups is 3. The lowest BCUT2D eigenvalue weighted by Crippen LogP contribution is -2.57. The van der Waals surface area contributed by atoms with Crippen molar-refractivity contribution in [3.05, 3.63) is 25.3 Å². The number of hydrogen-bond acceptors (Lipinski definition) is 5. The molecule has 7 nitrogen and oxygen atoms in total. The Morgan fingerprint density at radius 3 is 2.29 bits per heavy atom. The molecule has 1 N–H and O–H groups in total. The molecule has 6 atom stereocenters. The zero-order chi connectivity index (χ0) is 27.9. The van der Waals surface area contributed by atoms with Crippen LogP contribution in [0.3, 0.4) is 0 Å². The molecule has 8 heteroatoms. The van der Waals surface area contributed by atoms with Gasteiger partial charge in [-0.3, -0.25) is 14.4 Å². The maximum Gasteiger partial charge on any atom is 0.247 e. The van der Waals surface area contributed by atoms with Crippen LogP contribution in [0.25, 0.3) is 0 Å². The molecule has 38 heavy (non-hydrogen) atoms. The second kappa shape index (κ2) is 14.0. The topological polar surface area (TPSA) is 81.2 Å². The summed E-state index contributed by atoms with van der Waals surface area (Å²) in [7, 11) is 0. The van der Waals surface area contributed by atoms with Crippen LogP contribution in [0, 0.1) is 17.8 Å². The van der Waals surface area contributed by atoms with Crippen molar-refractivity contribution in [1.29, 1.82) is 0 Å². The van der Waals surface area contributed by atoms with Crippen LogP contribution in [0.5, 0.6) is 0 Å². The molecule has 0 radical (unpaired) electrons. The van der Waals surface area contributed by atoms with Crippen molar-refractivity contribution in [1.82, 2.24) is 14.7 Å². The normalized spacial score (nSPS) is 29.4. The quantitative estimate of drug-likeness (QED) is 0.219. The fraction of sp³-hybridized carbons (Fsp3) is 0.767. The van der Waals surface area contributed by atoms with Crippen LogP contribution < -0.4 is 0 Å². The Bertz CT molecular complexity index is 866. The van der Waals surface area contributed by atoms with E-state index in [9.17, 15) is 14.4 Å². The highest BCUT2D eigenvalue weighted by Crippen LogP contribution is 2.68. The summed E-state index contributed by atoms with van der Waals surface area (Å²) in [4.78, 5) is 48.2. The molecule has 3 heterocycles. The third-order valence-electron chi connectivity index (χ3n) is 8.67. The molecule has 3 fully saturated rings. The average molecular weight is 548 g/mol. The van der Waals surface area contributed by atoms with Crippen molar-refractivity contribution < 1.29 is 19.5 Å². The van der Waals surface area contributed by atoms with Gasteiger partial charge in [-0.25, -0.2) is 0 Å². The Balaban J connectivity index is 2.00. The molecule has 1 spiro atoms. The number of amides is 3. The van der Waals surface area contributed by atoms with E-state index >= 15 is 0 Å². The highest BCUT2D eigenvalue weighted by atomic mass is 32.2. The van der Waals surface area contributed by atoms with E-state index in [4.69, 9.17) is 5.11 Å². The zero-order valence-electron chi connectivity index (χ0n) is 23.8. The van der Waals surface area contributed by atoms with E-state index < -0.39 is 22.6 Å². The van der Waals surface area contributed by atoms with Gasteiger partial charge in [-0.05, 0) is 38.0 Å². The number of rotatable bonds is 17. The molecule has 214 valence electrons. The average Bonchev–Trinajstić information content (AvgIpc) is 3.49. The van der Waals surface area contributed by atoms with Gasteiger partial charge in [0.15, 0.2) is 0 Å². The largest absolute Gasteiger partial charge is 0.396 e. The standard InChI is InChI=1S/C30H49N3O4S/c1-6-10-18-32(17-9-4)29(37)26-30-22(5)21-23(38-30)24(27(35)31(15-7-2)16-8-3)25(30)28(36)33(26)19-13-11-12-14-20-34/h7,9,22-26,34H,2,4,6,8,10-21H2,1,3,5H3/t22?,23-,24+,25-,26?,30?/m0/s1. The second-order valence-electron chi connectivity index (χ2n) is 11.2. The molecule has 0 aromatic carbocycles. The van der Waals surface area contributed by atoms with Crippen LogP contribution >= 0.6 is 11.8 Å². The van der Waals surface area contributed by atoms with Crippen LogP contribution in [0.15, 0.2) is 25.3 Å². The Labute approximate surface area is 234 Å². The van der Waals surface area contributed by atoms with Gasteiger partial charge in [-0.15, -0.1) is 24.9 Å². The third kappa shape index (κ3) is 5.72. The fourth-order valence-electron chi connectivity index (χ4n) is 6.97. The molecule has 3 aliphatic heterocycles. The Morgan fingerprint density at radius 1 is 1.03 bits per heavy atom. The third-order valence-corrected chi connectivity index (χ3v) is 10.7. The van der Waals surface area contributed by atoms with Crippen molar-refractivity contribution in [2.24, 2.45) is 17.8 Å². The van der Waals surface area contributed by atoms with E-state index in [1.807, 2.05) is 14.7 Å². The van der Waals surface area contributed by atoms with Gasteiger partial charge in [0.1, 0.15) is 6.04 Å². The molecular formula is C30H49N3O4S. The molecular weight excluding hydrogens is 498 g/mol. The minimum absolute atomic E-state index is 0.00848. The Hall–Kier alpha value is -1.80. The predicted octanol–water partition coefficient (Wildman–Crippen LogP) is 4.12. The number of thioether (sulfide) groups is 1. The fourth-order valence-corrected chi connectivity index (χ4v) is 9.38. The summed E-state index contributed by atoms with van der Waals surface area (Å²) in [5.41, 5.74) is 0. The van der Waals surface area contributed by atoms with Crippen LogP contribution in [0.2, 0.25) is 0 Å². The van der Waals surface area contributed by atoms with Crippen molar-refractivity contribution in [2.45, 2.75) is 88.2 Å². The van der Waals surface area contributed by atoms with Gasteiger partial charge >= 0.3 is 0 Å². The van der Waals surface area contributed by atoms with Gasteiger partial charge < -0.3 is 19.8 Å². The highest BCUT2D eigenvalue weighted by molar-refractivity contribution is 8.02. The number of hydrogen-bond donors (Lipinski definition) is 1. The predicted molar refractivity (Wildman–Crippen MR) is 155 cm³/mol. The number of carbonyl (C=O) groups excluding carboxylic acids is 3. The first-order valence-corrected chi connectivity index (χ1v) is 15.6. The highest BCUT2D eigenvalue weighted by Gasteiger charge is 2.76. The van der Waals surface area contributed by atoms with E-state index in [-0.39, 0.29) is 35.5 Å². The van der Waals surface area contributed by atoms with Gasteiger partial charge in [0.25, 0.3) is 0 Å². The van der Waals surface area contributed by atoms with Crippen LogP contribution in [0.1, 0.15) is 72.1 Å². The molecule has 3 saturated heterocycles. The number of likely N-dealkylation sites (tertiary alicyclic amines) is 1. The summed E-state index contributed by atoms with van der Waals surface area (Å²) in [5.74, 6) is -0.668. The smallest absolute Gasteiger partial charge is 0.247 e. The summed E-state index contributed by atoms with van der Waals surface area (Å²) in [5, 5.41) is 9.22. The minimum Gasteiger partial charge on any atom is -0.396 e. The number of unbranched alkanes of at least 4 members (excludes halogenated alkanes) is 4. The molecule has 0 aromatic heterocycles. The summed E-state index contributed by atoms with van der Waals surface area (Å²) < 4.78 is -0.581. The molecule has 3 amide bonds. The molecule has 3 aliphatic rings. The molecule has 0 aromatic rings. The van der Waals surface area contributed by atoms with E-state index in [0.29, 0.717) is 32.7 Å². The van der Waals surface area contributed by atoms with E-state index in [0.717, 1.165) is 51.4 Å². The van der Waals surface area contributed by atoms with Gasteiger partial charge in [-0.2, -0.15) is 0 Å². The van der Waals surface area contributed by atoms with Crippen molar-refractivity contribution in [2.75, 3.05) is 39.3 Å². The number of nitrogens with zero attached hydrogens (tertiary/aromatic N) is 3. The lowest BCUT2D eigenvalue weighted by Gasteiger charge is -2.41. The summed E-state index contributed by atoms with van der Waals surface area (Å²) in [6.45, 7) is 17.0. The van der Waals surface area contributed by atoms with Gasteiger partial charge in [-0.1, -0.05) is 52.2 Å². The number of aliphatic hydroxyl groups excluding tert-OH is 1. The van der Waals surface area contributed by atoms with Crippen LogP contribution in [-0.2, 0) is 14.4 Å². The maximum atomic E-state index is 14.3. The molecule has 3 unspecified atom stereocenters. The van der Waals surface area contributed by atoms with Gasteiger partial charge in [0.2, 0.25) is 17.7 Å². The molecule has 2 bridgehead atoms. The summed E-state index contributed by atoms with van der Waals surface area (Å²) >= 11 is 1.76. The van der Waals surface area contributed by atoms with Crippen LogP contribution in [-0.4, -0.2) is 92.9 Å². The number of fused-ring (bicyclic) bond motifs is 1. The van der Waals surface area contributed by atoms with Crippen LogP contribution in [0.4, 0.5) is 0 Å². The molecule has 0 aliphatic carbocycles. The first kappa shape index (κ1) is 30.7. The summed E-state index contributed by atoms with van der Waals surface area (Å²) in [6.07, 6.45) is 10.4. The van der Waals surface area contributed by atoms with E-state index in [1.54, 1.807) is 23.9 Å². The van der Waals surface area contributed by atoms with Crippen molar-refractivity contribution in [3.8, 4) is 0 Å². The van der Waals surface area contributed by atoms with Crippen molar-refractivity contribution in [3.63, 3.8) is 0 Å². The first-order valence-electron chi connectivity index (χ1n) is 14.7. The first-order chi connectivity index (χ1) is 18.3. The Kier molecular flexibility index (Phi) is 11.3. The van der Waals surface area contributed by atoms with E-state index in [1.165, 1.54) is 0 Å². The maximum absolute atomic E-state index is 14.3. The van der Waals surface area contributed by atoms with Gasteiger partial charge in [0.05, 0.1) is 16.6 Å². The Morgan fingerprint density at radius 2 is 1.68 bits per heavy atom. The monoisotopic (exact) mass is 547 g/mol. The number of aliphatic hydroxyl groups is 1. The lowest BCUT2D eigenvalue weighted by molar-refractivity contribution is -0.144. The minimum atomic E-state index is -0.581. The summed E-state index contributed by atoms with van der Waals surface area (Å²) in [6, 6.07) is -0.559. The lowest BCUT2D eigenvalue weighted by atomic mass is 9.65. The van der Waals surface area contributed by atoms with Gasteiger partial charge in [0, 0.05) is 44.6 Å². The second-order valence-corrected chi connectivity index (χ2v) is 12.8. The molecule has 3 rings (SSSR count). The van der Waals surface area contributed by atoms with E-state index in [2.05, 4.69) is 33.9 Å². The SMILES string of the molecule is C=CCN(CCCC)C(=O)C1N(CCCCCCO)C(=O)[C@@H]2[C@H](C(=O)N(CC=C)CCC)[C@@H]3CC(C)C12S3.